The highest BCUT2D eigenvalue weighted by Crippen LogP contribution is 2.21. The van der Waals surface area contributed by atoms with E-state index in [4.69, 9.17) is 22.7 Å². The maximum absolute atomic E-state index is 13.6. The number of rotatable bonds is 5. The Balaban J connectivity index is 2.04. The summed E-state index contributed by atoms with van der Waals surface area (Å²) in [6, 6.07) is 8.35. The Labute approximate surface area is 116 Å². The molecule has 1 aromatic heterocycles. The van der Waals surface area contributed by atoms with Crippen molar-refractivity contribution >= 4 is 17.2 Å². The van der Waals surface area contributed by atoms with E-state index in [1.807, 2.05) is 12.1 Å². The Hall–Kier alpha value is -2.01. The minimum absolute atomic E-state index is 0.00277. The molecule has 98 valence electrons. The number of ether oxygens (including phenoxy) is 1. The average molecular weight is 276 g/mol. The molecule has 1 aromatic carbocycles. The lowest BCUT2D eigenvalue weighted by molar-refractivity contribution is 0.319. The number of nitrogens with two attached hydrogens (primary N) is 1. The first kappa shape index (κ1) is 13.4. The van der Waals surface area contributed by atoms with Gasteiger partial charge in [-0.25, -0.2) is 4.39 Å². The Morgan fingerprint density at radius 1 is 1.26 bits per heavy atom. The second kappa shape index (κ2) is 6.24. The van der Waals surface area contributed by atoms with Crippen LogP contribution in [0.15, 0.2) is 42.7 Å². The number of hydrogen-bond donors (Lipinski definition) is 1. The van der Waals surface area contributed by atoms with Crippen LogP contribution in [0, 0.1) is 5.82 Å². The quantitative estimate of drug-likeness (QED) is 0.852. The molecule has 3 nitrogen and oxygen atoms in total. The highest BCUT2D eigenvalue weighted by atomic mass is 32.1. The molecular formula is C14H13FN2OS. The molecule has 0 unspecified atom stereocenters. The van der Waals surface area contributed by atoms with Gasteiger partial charge in [0.15, 0.2) is 0 Å². The summed E-state index contributed by atoms with van der Waals surface area (Å²) in [6.45, 7) is 0.420. The van der Waals surface area contributed by atoms with Crippen molar-refractivity contribution in [1.82, 2.24) is 4.98 Å². The Morgan fingerprint density at radius 2 is 2.00 bits per heavy atom. The molecule has 19 heavy (non-hydrogen) atoms. The molecule has 2 aromatic rings. The summed E-state index contributed by atoms with van der Waals surface area (Å²) in [5, 5.41) is 0. The first-order chi connectivity index (χ1) is 9.18. The molecule has 0 aliphatic heterocycles. The van der Waals surface area contributed by atoms with E-state index in [1.54, 1.807) is 24.5 Å². The third-order valence-corrected chi connectivity index (χ3v) is 2.82. The van der Waals surface area contributed by atoms with E-state index in [0.717, 1.165) is 5.56 Å². The topological polar surface area (TPSA) is 48.1 Å². The van der Waals surface area contributed by atoms with Crippen LogP contribution in [0.1, 0.15) is 11.1 Å². The number of aromatic nitrogens is 1. The van der Waals surface area contributed by atoms with Crippen LogP contribution in [0.25, 0.3) is 0 Å². The number of halogens is 1. The van der Waals surface area contributed by atoms with Gasteiger partial charge in [0, 0.05) is 18.8 Å². The van der Waals surface area contributed by atoms with Crippen molar-refractivity contribution < 1.29 is 9.13 Å². The predicted octanol–water partition coefficient (Wildman–Crippen LogP) is 2.48. The molecule has 0 aliphatic carbocycles. The third kappa shape index (κ3) is 3.48. The Kier molecular flexibility index (Phi) is 4.41. The van der Waals surface area contributed by atoms with Crippen LogP contribution in [0.3, 0.4) is 0 Å². The molecule has 0 fully saturated rings. The van der Waals surface area contributed by atoms with Crippen LogP contribution in [0.5, 0.6) is 5.75 Å². The first-order valence-electron chi connectivity index (χ1n) is 5.78. The van der Waals surface area contributed by atoms with Gasteiger partial charge in [0.2, 0.25) is 0 Å². The summed E-state index contributed by atoms with van der Waals surface area (Å²) in [5.41, 5.74) is 6.76. The van der Waals surface area contributed by atoms with Crippen LogP contribution >= 0.6 is 12.2 Å². The molecule has 2 N–H and O–H groups in total. The van der Waals surface area contributed by atoms with Crippen molar-refractivity contribution in [2.45, 2.75) is 6.42 Å². The van der Waals surface area contributed by atoms with Crippen molar-refractivity contribution in [3.8, 4) is 5.75 Å². The zero-order valence-electron chi connectivity index (χ0n) is 10.2. The molecule has 5 heteroatoms. The molecule has 0 saturated heterocycles. The van der Waals surface area contributed by atoms with Crippen molar-refractivity contribution in [3.05, 3.63) is 59.7 Å². The fourth-order valence-electron chi connectivity index (χ4n) is 1.69. The molecule has 0 aliphatic rings. The number of pyridine rings is 1. The van der Waals surface area contributed by atoms with Gasteiger partial charge < -0.3 is 10.5 Å². The van der Waals surface area contributed by atoms with E-state index in [-0.39, 0.29) is 10.6 Å². The summed E-state index contributed by atoms with van der Waals surface area (Å²) in [5.74, 6) is -0.0875. The van der Waals surface area contributed by atoms with Crippen molar-refractivity contribution in [2.75, 3.05) is 6.61 Å². The monoisotopic (exact) mass is 276 g/mol. The molecule has 1 heterocycles. The maximum Gasteiger partial charge on any atom is 0.137 e. The second-order valence-corrected chi connectivity index (χ2v) is 4.37. The first-order valence-corrected chi connectivity index (χ1v) is 6.19. The van der Waals surface area contributed by atoms with Gasteiger partial charge in [0.05, 0.1) is 12.2 Å². The van der Waals surface area contributed by atoms with Crippen LogP contribution in [-0.4, -0.2) is 16.6 Å². The minimum Gasteiger partial charge on any atom is -0.492 e. The lowest BCUT2D eigenvalue weighted by Gasteiger charge is -2.11. The number of benzene rings is 1. The van der Waals surface area contributed by atoms with Gasteiger partial charge in [0.25, 0.3) is 0 Å². The summed E-state index contributed by atoms with van der Waals surface area (Å²) in [4.78, 5) is 3.93. The highest BCUT2D eigenvalue weighted by molar-refractivity contribution is 7.80. The summed E-state index contributed by atoms with van der Waals surface area (Å²) < 4.78 is 19.2. The van der Waals surface area contributed by atoms with Crippen LogP contribution in [0.2, 0.25) is 0 Å². The molecule has 2 rings (SSSR count). The smallest absolute Gasteiger partial charge is 0.137 e. The largest absolute Gasteiger partial charge is 0.492 e. The highest BCUT2D eigenvalue weighted by Gasteiger charge is 2.11. The second-order valence-electron chi connectivity index (χ2n) is 3.93. The zero-order valence-corrected chi connectivity index (χ0v) is 11.0. The maximum atomic E-state index is 13.6. The summed E-state index contributed by atoms with van der Waals surface area (Å²) in [7, 11) is 0. The SMILES string of the molecule is NC(=S)c1c(F)cccc1OCCc1ccncc1. The van der Waals surface area contributed by atoms with Crippen LogP contribution < -0.4 is 10.5 Å². The average Bonchev–Trinajstić information content (AvgIpc) is 2.39. The van der Waals surface area contributed by atoms with E-state index in [1.165, 1.54) is 6.07 Å². The lowest BCUT2D eigenvalue weighted by Crippen LogP contribution is -2.14. The van der Waals surface area contributed by atoms with Crippen molar-refractivity contribution in [3.63, 3.8) is 0 Å². The third-order valence-electron chi connectivity index (χ3n) is 2.62. The molecule has 0 amide bonds. The van der Waals surface area contributed by atoms with E-state index < -0.39 is 5.82 Å². The lowest BCUT2D eigenvalue weighted by atomic mass is 10.2. The van der Waals surface area contributed by atoms with Crippen molar-refractivity contribution in [2.24, 2.45) is 5.73 Å². The van der Waals surface area contributed by atoms with Gasteiger partial charge in [0.1, 0.15) is 16.6 Å². The van der Waals surface area contributed by atoms with Gasteiger partial charge in [-0.1, -0.05) is 18.3 Å². The van der Waals surface area contributed by atoms with E-state index >= 15 is 0 Å². The van der Waals surface area contributed by atoms with Crippen LogP contribution in [-0.2, 0) is 6.42 Å². The minimum atomic E-state index is -0.464. The summed E-state index contributed by atoms with van der Waals surface area (Å²) in [6.07, 6.45) is 4.14. The van der Waals surface area contributed by atoms with Gasteiger partial charge in [-0.05, 0) is 29.8 Å². The van der Waals surface area contributed by atoms with Gasteiger partial charge >= 0.3 is 0 Å². The predicted molar refractivity (Wildman–Crippen MR) is 75.7 cm³/mol. The van der Waals surface area contributed by atoms with Crippen molar-refractivity contribution in [1.29, 1.82) is 0 Å². The fourth-order valence-corrected chi connectivity index (χ4v) is 1.89. The van der Waals surface area contributed by atoms with E-state index in [0.29, 0.717) is 18.8 Å². The van der Waals surface area contributed by atoms with Gasteiger partial charge in [-0.2, -0.15) is 0 Å². The van der Waals surface area contributed by atoms with E-state index in [9.17, 15) is 4.39 Å². The Bertz CT molecular complexity index is 575. The summed E-state index contributed by atoms with van der Waals surface area (Å²) >= 11 is 4.83. The normalized spacial score (nSPS) is 10.2. The van der Waals surface area contributed by atoms with E-state index in [2.05, 4.69) is 4.98 Å². The van der Waals surface area contributed by atoms with Crippen LogP contribution in [0.4, 0.5) is 4.39 Å². The molecule has 0 atom stereocenters. The number of hydrogen-bond acceptors (Lipinski definition) is 3. The molecule has 0 radical (unpaired) electrons. The molecule has 0 spiro atoms. The van der Waals surface area contributed by atoms with Gasteiger partial charge in [-0.3, -0.25) is 4.98 Å². The molecular weight excluding hydrogens is 263 g/mol. The zero-order chi connectivity index (χ0) is 13.7. The Morgan fingerprint density at radius 3 is 2.68 bits per heavy atom. The fraction of sp³-hybridized carbons (Fsp3) is 0.143. The number of thiocarbonyl (C=S) groups is 1. The standard InChI is InChI=1S/C14H13FN2OS/c15-11-2-1-3-12(13(11)14(16)19)18-9-6-10-4-7-17-8-5-10/h1-5,7-8H,6,9H2,(H2,16,19). The number of nitrogens with zero attached hydrogens (tertiary/aromatic N) is 1. The van der Waals surface area contributed by atoms with Gasteiger partial charge in [-0.15, -0.1) is 0 Å². The molecule has 0 saturated carbocycles. The molecule has 0 bridgehead atoms.